The third-order valence-electron chi connectivity index (χ3n) is 4.87. The fourth-order valence-electron chi connectivity index (χ4n) is 3.35. The summed E-state index contributed by atoms with van der Waals surface area (Å²) in [5, 5.41) is 9.59. The number of ether oxygens (including phenoxy) is 1. The lowest BCUT2D eigenvalue weighted by Gasteiger charge is -2.29. The maximum absolute atomic E-state index is 12.7. The monoisotopic (exact) mass is 353 g/mol. The first kappa shape index (κ1) is 18.1. The molecule has 1 aliphatic rings. The number of benzene rings is 2. The lowest BCUT2D eigenvalue weighted by molar-refractivity contribution is -0.150. The van der Waals surface area contributed by atoms with Crippen molar-refractivity contribution in [3.8, 4) is 0 Å². The van der Waals surface area contributed by atoms with Gasteiger partial charge in [0.05, 0.1) is 19.1 Å². The number of rotatable bonds is 6. The molecule has 136 valence electrons. The van der Waals surface area contributed by atoms with Gasteiger partial charge in [0.1, 0.15) is 6.04 Å². The number of hydrogen-bond donors (Lipinski definition) is 1. The van der Waals surface area contributed by atoms with Crippen LogP contribution in [-0.4, -0.2) is 41.6 Å². The van der Waals surface area contributed by atoms with Gasteiger partial charge in [-0.05, 0) is 23.1 Å². The lowest BCUT2D eigenvalue weighted by atomic mass is 9.95. The van der Waals surface area contributed by atoms with Crippen molar-refractivity contribution in [1.82, 2.24) is 4.90 Å². The number of carbonyl (C=O) groups is 2. The number of fused-ring (bicyclic) bond motifs is 1. The van der Waals surface area contributed by atoms with Gasteiger partial charge >= 0.3 is 5.97 Å². The van der Waals surface area contributed by atoms with Crippen molar-refractivity contribution in [3.63, 3.8) is 0 Å². The summed E-state index contributed by atoms with van der Waals surface area (Å²) >= 11 is 0. The van der Waals surface area contributed by atoms with Crippen molar-refractivity contribution in [2.45, 2.75) is 31.4 Å². The number of likely N-dealkylation sites (N-methyl/N-ethyl adjacent to an activating group) is 1. The Kier molecular flexibility index (Phi) is 5.68. The molecule has 0 radical (unpaired) electrons. The highest BCUT2D eigenvalue weighted by Gasteiger charge is 2.30. The minimum Gasteiger partial charge on any atom is -0.480 e. The number of carboxylic acid groups (broad SMARTS) is 1. The maximum Gasteiger partial charge on any atom is 0.326 e. The van der Waals surface area contributed by atoms with Gasteiger partial charge in [-0.25, -0.2) is 4.79 Å². The van der Waals surface area contributed by atoms with Crippen molar-refractivity contribution in [1.29, 1.82) is 0 Å². The molecule has 0 aromatic heterocycles. The smallest absolute Gasteiger partial charge is 0.326 e. The predicted octanol–water partition coefficient (Wildman–Crippen LogP) is 2.84. The molecule has 2 unspecified atom stereocenters. The summed E-state index contributed by atoms with van der Waals surface area (Å²) in [6.45, 7) is 0.574. The van der Waals surface area contributed by atoms with Gasteiger partial charge in [-0.15, -0.1) is 0 Å². The number of aliphatic carboxylic acids is 1. The third kappa shape index (κ3) is 4.11. The molecule has 26 heavy (non-hydrogen) atoms. The zero-order valence-corrected chi connectivity index (χ0v) is 14.8. The van der Waals surface area contributed by atoms with E-state index in [-0.39, 0.29) is 24.9 Å². The summed E-state index contributed by atoms with van der Waals surface area (Å²) in [6.07, 6.45) is 0.941. The van der Waals surface area contributed by atoms with Crippen LogP contribution in [0.3, 0.4) is 0 Å². The van der Waals surface area contributed by atoms with Crippen molar-refractivity contribution < 1.29 is 19.4 Å². The maximum atomic E-state index is 12.7. The minimum atomic E-state index is -1.00. The van der Waals surface area contributed by atoms with Crippen LogP contribution < -0.4 is 0 Å². The first-order valence-corrected chi connectivity index (χ1v) is 8.78. The average Bonchev–Trinajstić information content (AvgIpc) is 2.66. The van der Waals surface area contributed by atoms with Crippen LogP contribution in [0.15, 0.2) is 54.6 Å². The molecule has 2 atom stereocenters. The molecule has 0 saturated carbocycles. The Balaban J connectivity index is 1.71. The quantitative estimate of drug-likeness (QED) is 0.867. The molecule has 0 bridgehead atoms. The Morgan fingerprint density at radius 1 is 1.15 bits per heavy atom. The largest absolute Gasteiger partial charge is 0.480 e. The Morgan fingerprint density at radius 3 is 2.58 bits per heavy atom. The minimum absolute atomic E-state index is 0.145. The van der Waals surface area contributed by atoms with Crippen LogP contribution in [0.5, 0.6) is 0 Å². The Labute approximate surface area is 153 Å². The number of amides is 1. The van der Waals surface area contributed by atoms with Gasteiger partial charge in [0.15, 0.2) is 0 Å². The molecule has 5 heteroatoms. The van der Waals surface area contributed by atoms with E-state index in [0.29, 0.717) is 6.61 Å². The summed E-state index contributed by atoms with van der Waals surface area (Å²) < 4.78 is 5.79. The zero-order chi connectivity index (χ0) is 18.5. The van der Waals surface area contributed by atoms with Crippen molar-refractivity contribution >= 4 is 11.9 Å². The molecule has 0 spiro atoms. The second kappa shape index (κ2) is 8.15. The van der Waals surface area contributed by atoms with Crippen LogP contribution >= 0.6 is 0 Å². The van der Waals surface area contributed by atoms with Gasteiger partial charge in [-0.1, -0.05) is 54.6 Å². The molecule has 0 aliphatic carbocycles. The summed E-state index contributed by atoms with van der Waals surface area (Å²) in [5.74, 6) is -1.23. The highest BCUT2D eigenvalue weighted by molar-refractivity contribution is 5.84. The lowest BCUT2D eigenvalue weighted by Crippen LogP contribution is -2.44. The third-order valence-corrected chi connectivity index (χ3v) is 4.87. The van der Waals surface area contributed by atoms with Crippen LogP contribution in [0, 0.1) is 0 Å². The molecule has 1 aliphatic heterocycles. The molecular weight excluding hydrogens is 330 g/mol. The molecule has 0 fully saturated rings. The zero-order valence-electron chi connectivity index (χ0n) is 14.8. The van der Waals surface area contributed by atoms with Crippen molar-refractivity contribution in [3.05, 3.63) is 71.3 Å². The van der Waals surface area contributed by atoms with Gasteiger partial charge in [-0.2, -0.15) is 0 Å². The van der Waals surface area contributed by atoms with E-state index < -0.39 is 12.0 Å². The van der Waals surface area contributed by atoms with Gasteiger partial charge in [0.25, 0.3) is 0 Å². The fraction of sp³-hybridized carbons (Fsp3) is 0.333. The highest BCUT2D eigenvalue weighted by atomic mass is 16.5. The summed E-state index contributed by atoms with van der Waals surface area (Å²) in [6, 6.07) is 16.4. The molecule has 2 aromatic rings. The van der Waals surface area contributed by atoms with Crippen LogP contribution in [0.1, 0.15) is 29.2 Å². The topological polar surface area (TPSA) is 66.8 Å². The van der Waals surface area contributed by atoms with E-state index in [2.05, 4.69) is 6.07 Å². The molecule has 1 N–H and O–H groups in total. The number of carboxylic acids is 1. The Bertz CT molecular complexity index is 775. The van der Waals surface area contributed by atoms with E-state index in [1.54, 1.807) is 7.05 Å². The van der Waals surface area contributed by atoms with Gasteiger partial charge in [0, 0.05) is 13.5 Å². The second-order valence-corrected chi connectivity index (χ2v) is 6.56. The predicted molar refractivity (Wildman–Crippen MR) is 97.8 cm³/mol. The van der Waals surface area contributed by atoms with Gasteiger partial charge in [0.2, 0.25) is 5.91 Å². The van der Waals surface area contributed by atoms with Crippen LogP contribution in [-0.2, 0) is 27.2 Å². The number of nitrogens with zero attached hydrogens (tertiary/aromatic N) is 1. The first-order valence-electron chi connectivity index (χ1n) is 8.78. The van der Waals surface area contributed by atoms with E-state index >= 15 is 0 Å². The van der Waals surface area contributed by atoms with E-state index in [9.17, 15) is 14.7 Å². The van der Waals surface area contributed by atoms with E-state index in [1.807, 2.05) is 48.5 Å². The van der Waals surface area contributed by atoms with E-state index in [1.165, 1.54) is 10.5 Å². The Hall–Kier alpha value is -2.66. The van der Waals surface area contributed by atoms with E-state index in [0.717, 1.165) is 17.5 Å². The first-order chi connectivity index (χ1) is 12.6. The van der Waals surface area contributed by atoms with E-state index in [4.69, 9.17) is 4.74 Å². The van der Waals surface area contributed by atoms with Crippen molar-refractivity contribution in [2.75, 3.05) is 13.7 Å². The molecule has 1 amide bonds. The van der Waals surface area contributed by atoms with Gasteiger partial charge < -0.3 is 14.7 Å². The summed E-state index contributed by atoms with van der Waals surface area (Å²) in [5.41, 5.74) is 3.10. The SMILES string of the molecule is CN(C(=O)CC1OCCc2ccccc21)C(Cc1ccccc1)C(=O)O. The highest BCUT2D eigenvalue weighted by Crippen LogP contribution is 2.30. The van der Waals surface area contributed by atoms with Crippen molar-refractivity contribution in [2.24, 2.45) is 0 Å². The van der Waals surface area contributed by atoms with Crippen LogP contribution in [0.25, 0.3) is 0 Å². The summed E-state index contributed by atoms with van der Waals surface area (Å²) in [4.78, 5) is 25.8. The molecular formula is C21H23NO4. The molecule has 2 aromatic carbocycles. The van der Waals surface area contributed by atoms with Crippen LogP contribution in [0.2, 0.25) is 0 Å². The normalized spacial score (nSPS) is 17.2. The molecule has 3 rings (SSSR count). The number of carbonyl (C=O) groups excluding carboxylic acids is 1. The average molecular weight is 353 g/mol. The number of hydrogen-bond acceptors (Lipinski definition) is 3. The van der Waals surface area contributed by atoms with Gasteiger partial charge in [-0.3, -0.25) is 4.79 Å². The molecule has 5 nitrogen and oxygen atoms in total. The fourth-order valence-corrected chi connectivity index (χ4v) is 3.35. The van der Waals surface area contributed by atoms with Crippen LogP contribution in [0.4, 0.5) is 0 Å². The molecule has 1 heterocycles. The second-order valence-electron chi connectivity index (χ2n) is 6.56. The summed E-state index contributed by atoms with van der Waals surface area (Å²) in [7, 11) is 1.55. The molecule has 0 saturated heterocycles. The Morgan fingerprint density at radius 2 is 1.85 bits per heavy atom. The standard InChI is InChI=1S/C21H23NO4/c1-22(18(21(24)25)13-15-7-3-2-4-8-15)20(23)14-19-17-10-6-5-9-16(17)11-12-26-19/h2-10,18-19H,11-14H2,1H3,(H,24,25).